The monoisotopic (exact) mass is 486 g/mol. The summed E-state index contributed by atoms with van der Waals surface area (Å²) in [6, 6.07) is 49.1. The van der Waals surface area contributed by atoms with E-state index in [2.05, 4.69) is 133 Å². The van der Waals surface area contributed by atoms with Crippen molar-refractivity contribution < 1.29 is 0 Å². The van der Waals surface area contributed by atoms with Crippen LogP contribution >= 0.6 is 11.3 Å². The third kappa shape index (κ3) is 3.28. The molecule has 0 unspecified atom stereocenters. The van der Waals surface area contributed by atoms with E-state index in [0.29, 0.717) is 0 Å². The molecule has 0 spiro atoms. The van der Waals surface area contributed by atoms with Gasteiger partial charge in [-0.15, -0.1) is 11.3 Å². The molecular weight excluding hydrogens is 464 g/mol. The molecule has 8 rings (SSSR count). The molecule has 0 bridgehead atoms. The zero-order valence-corrected chi connectivity index (χ0v) is 20.9. The minimum Gasteiger partial charge on any atom is -0.135 e. The second-order valence-electron chi connectivity index (χ2n) is 9.78. The molecule has 0 aliphatic rings. The number of fused-ring (bicyclic) bond motifs is 7. The molecule has 0 radical (unpaired) electrons. The molecule has 0 nitrogen and oxygen atoms in total. The first kappa shape index (κ1) is 20.7. The highest BCUT2D eigenvalue weighted by Crippen LogP contribution is 2.40. The van der Waals surface area contributed by atoms with Gasteiger partial charge in [-0.25, -0.2) is 0 Å². The van der Waals surface area contributed by atoms with Gasteiger partial charge in [-0.3, -0.25) is 0 Å². The topological polar surface area (TPSA) is 0 Å². The fraction of sp³-hybridized carbons (Fsp3) is 0. The molecule has 7 aromatic carbocycles. The average molecular weight is 487 g/mol. The van der Waals surface area contributed by atoms with Gasteiger partial charge in [0, 0.05) is 20.2 Å². The van der Waals surface area contributed by atoms with Crippen molar-refractivity contribution >= 4 is 63.8 Å². The number of hydrogen-bond donors (Lipinski definition) is 0. The van der Waals surface area contributed by atoms with Gasteiger partial charge in [0.1, 0.15) is 0 Å². The van der Waals surface area contributed by atoms with Crippen LogP contribution in [0.3, 0.4) is 0 Å². The Morgan fingerprint density at radius 1 is 0.351 bits per heavy atom. The van der Waals surface area contributed by atoms with Gasteiger partial charge in [0.25, 0.3) is 0 Å². The Balaban J connectivity index is 1.24. The van der Waals surface area contributed by atoms with Crippen LogP contribution in [0.1, 0.15) is 0 Å². The molecule has 0 saturated heterocycles. The summed E-state index contributed by atoms with van der Waals surface area (Å²) in [5, 5.41) is 10.4. The van der Waals surface area contributed by atoms with Gasteiger partial charge >= 0.3 is 0 Å². The number of benzene rings is 7. The lowest BCUT2D eigenvalue weighted by molar-refractivity contribution is 1.67. The van der Waals surface area contributed by atoms with Crippen molar-refractivity contribution in [3.63, 3.8) is 0 Å². The van der Waals surface area contributed by atoms with Gasteiger partial charge < -0.3 is 0 Å². The van der Waals surface area contributed by atoms with Gasteiger partial charge in [-0.05, 0) is 78.8 Å². The first-order valence-electron chi connectivity index (χ1n) is 12.7. The van der Waals surface area contributed by atoms with E-state index in [1.54, 1.807) is 0 Å². The maximum absolute atomic E-state index is 2.34. The maximum atomic E-state index is 2.34. The van der Waals surface area contributed by atoms with Crippen LogP contribution in [0.2, 0.25) is 0 Å². The summed E-state index contributed by atoms with van der Waals surface area (Å²) >= 11 is 1.89. The number of hydrogen-bond acceptors (Lipinski definition) is 1. The second kappa shape index (κ2) is 8.03. The fourth-order valence-electron chi connectivity index (χ4n) is 5.75. The summed E-state index contributed by atoms with van der Waals surface area (Å²) in [5.74, 6) is 0. The second-order valence-corrected chi connectivity index (χ2v) is 10.8. The van der Waals surface area contributed by atoms with Gasteiger partial charge in [0.15, 0.2) is 0 Å². The molecule has 0 atom stereocenters. The van der Waals surface area contributed by atoms with E-state index in [9.17, 15) is 0 Å². The van der Waals surface area contributed by atoms with E-state index in [4.69, 9.17) is 0 Å². The molecule has 0 fully saturated rings. The lowest BCUT2D eigenvalue weighted by Crippen LogP contribution is -1.83. The van der Waals surface area contributed by atoms with E-state index in [1.165, 1.54) is 74.7 Å². The number of thiophene rings is 1. The minimum atomic E-state index is 1.25. The standard InChI is InChI=1S/C36H22S/c1-2-7-30-23(6-1)12-13-24-14-15-28(22-34(24)30)26-16-17-27-21-29(19-18-25(27)20-26)31-9-5-10-33-32-8-3-4-11-35(32)37-36(31)33/h1-22H. The normalized spacial score (nSPS) is 11.8. The lowest BCUT2D eigenvalue weighted by atomic mass is 9.95. The minimum absolute atomic E-state index is 1.25. The van der Waals surface area contributed by atoms with Crippen molar-refractivity contribution in [1.82, 2.24) is 0 Å². The number of rotatable bonds is 2. The smallest absolute Gasteiger partial charge is 0.0433 e. The van der Waals surface area contributed by atoms with Gasteiger partial charge in [-0.2, -0.15) is 0 Å². The molecular formula is C36H22S. The first-order chi connectivity index (χ1) is 18.3. The van der Waals surface area contributed by atoms with Crippen LogP contribution in [0.15, 0.2) is 133 Å². The molecule has 0 N–H and O–H groups in total. The van der Waals surface area contributed by atoms with Crippen LogP contribution in [-0.2, 0) is 0 Å². The molecule has 1 aromatic heterocycles. The molecule has 172 valence electrons. The Morgan fingerprint density at radius 2 is 0.946 bits per heavy atom. The highest BCUT2D eigenvalue weighted by atomic mass is 32.1. The summed E-state index contributed by atoms with van der Waals surface area (Å²) in [6.07, 6.45) is 0. The Hall–Kier alpha value is -4.46. The zero-order chi connectivity index (χ0) is 24.3. The zero-order valence-electron chi connectivity index (χ0n) is 20.1. The van der Waals surface area contributed by atoms with Gasteiger partial charge in [0.2, 0.25) is 0 Å². The summed E-state index contributed by atoms with van der Waals surface area (Å²) < 4.78 is 2.71. The molecule has 37 heavy (non-hydrogen) atoms. The van der Waals surface area contributed by atoms with Crippen LogP contribution in [0.4, 0.5) is 0 Å². The quantitative estimate of drug-likeness (QED) is 0.213. The Labute approximate surface area is 219 Å². The van der Waals surface area contributed by atoms with E-state index in [0.717, 1.165) is 0 Å². The van der Waals surface area contributed by atoms with Crippen LogP contribution in [0, 0.1) is 0 Å². The Kier molecular flexibility index (Phi) is 4.49. The van der Waals surface area contributed by atoms with E-state index >= 15 is 0 Å². The predicted octanol–water partition coefficient (Wildman–Crippen LogP) is 10.8. The summed E-state index contributed by atoms with van der Waals surface area (Å²) in [6.45, 7) is 0. The predicted molar refractivity (Wildman–Crippen MR) is 163 cm³/mol. The van der Waals surface area contributed by atoms with Crippen LogP contribution in [0.5, 0.6) is 0 Å². The van der Waals surface area contributed by atoms with Crippen LogP contribution in [-0.4, -0.2) is 0 Å². The summed E-state index contributed by atoms with van der Waals surface area (Å²) in [4.78, 5) is 0. The van der Waals surface area contributed by atoms with Gasteiger partial charge in [-0.1, -0.05) is 109 Å². The molecule has 0 amide bonds. The van der Waals surface area contributed by atoms with Crippen molar-refractivity contribution in [2.75, 3.05) is 0 Å². The van der Waals surface area contributed by atoms with Crippen LogP contribution in [0.25, 0.3) is 74.7 Å². The largest absolute Gasteiger partial charge is 0.135 e. The Bertz CT molecular complexity index is 2140. The van der Waals surface area contributed by atoms with Crippen molar-refractivity contribution in [2.45, 2.75) is 0 Å². The van der Waals surface area contributed by atoms with E-state index in [1.807, 2.05) is 11.3 Å². The fourth-order valence-corrected chi connectivity index (χ4v) is 6.99. The van der Waals surface area contributed by atoms with Gasteiger partial charge in [0.05, 0.1) is 0 Å². The molecule has 0 aliphatic carbocycles. The molecule has 0 saturated carbocycles. The molecule has 0 aliphatic heterocycles. The van der Waals surface area contributed by atoms with Crippen molar-refractivity contribution in [1.29, 1.82) is 0 Å². The summed E-state index contributed by atoms with van der Waals surface area (Å²) in [7, 11) is 0. The highest BCUT2D eigenvalue weighted by Gasteiger charge is 2.11. The third-order valence-corrected chi connectivity index (χ3v) is 8.86. The van der Waals surface area contributed by atoms with Crippen molar-refractivity contribution in [2.24, 2.45) is 0 Å². The third-order valence-electron chi connectivity index (χ3n) is 7.64. The van der Waals surface area contributed by atoms with E-state index < -0.39 is 0 Å². The Morgan fingerprint density at radius 3 is 1.81 bits per heavy atom. The lowest BCUT2D eigenvalue weighted by Gasteiger charge is -2.10. The molecule has 1 heteroatoms. The summed E-state index contributed by atoms with van der Waals surface area (Å²) in [5.41, 5.74) is 5.09. The molecule has 8 aromatic rings. The maximum Gasteiger partial charge on any atom is 0.0433 e. The SMILES string of the molecule is c1ccc2c(c1)ccc1ccc(-c3ccc4cc(-c5cccc6c5sc5ccccc56)ccc4c3)cc12. The van der Waals surface area contributed by atoms with E-state index in [-0.39, 0.29) is 0 Å². The van der Waals surface area contributed by atoms with Crippen LogP contribution < -0.4 is 0 Å². The van der Waals surface area contributed by atoms with Crippen molar-refractivity contribution in [3.05, 3.63) is 133 Å². The highest BCUT2D eigenvalue weighted by molar-refractivity contribution is 7.26. The molecule has 1 heterocycles. The average Bonchev–Trinajstić information content (AvgIpc) is 3.35. The van der Waals surface area contributed by atoms with Crippen molar-refractivity contribution in [3.8, 4) is 22.3 Å². The first-order valence-corrected chi connectivity index (χ1v) is 13.5.